The zero-order valence-corrected chi connectivity index (χ0v) is 9.23. The molecule has 0 aliphatic rings. The second-order valence-electron chi connectivity index (χ2n) is 3.25. The summed E-state index contributed by atoms with van der Waals surface area (Å²) in [5.74, 6) is -2.06. The predicted molar refractivity (Wildman–Crippen MR) is 55.6 cm³/mol. The van der Waals surface area contributed by atoms with E-state index in [9.17, 15) is 9.18 Å². The molecule has 1 aromatic rings. The van der Waals surface area contributed by atoms with Crippen LogP contribution in [-0.4, -0.2) is 11.1 Å². The normalized spacial score (nSPS) is 14.7. The van der Waals surface area contributed by atoms with Crippen LogP contribution in [0.4, 0.5) is 4.39 Å². The summed E-state index contributed by atoms with van der Waals surface area (Å²) in [5, 5.41) is 8.69. The highest BCUT2D eigenvalue weighted by Crippen LogP contribution is 2.30. The maximum Gasteiger partial charge on any atom is 0.328 e. The number of aliphatic carboxylic acids is 1. The maximum absolute atomic E-state index is 13.1. The van der Waals surface area contributed by atoms with Gasteiger partial charge in [-0.05, 0) is 19.1 Å². The molecule has 0 saturated carbocycles. The maximum atomic E-state index is 13.1. The SMILES string of the molecule is CC(N)(C(=O)O)c1cc(F)c(Cl)cc1Cl. The van der Waals surface area contributed by atoms with Crippen LogP contribution in [0, 0.1) is 5.82 Å². The minimum absolute atomic E-state index is 0.0152. The van der Waals surface area contributed by atoms with E-state index in [1.165, 1.54) is 6.92 Å². The van der Waals surface area contributed by atoms with E-state index in [4.69, 9.17) is 34.0 Å². The van der Waals surface area contributed by atoms with Gasteiger partial charge in [-0.1, -0.05) is 23.2 Å². The van der Waals surface area contributed by atoms with Crippen molar-refractivity contribution in [2.24, 2.45) is 5.73 Å². The summed E-state index contributed by atoms with van der Waals surface area (Å²) in [7, 11) is 0. The molecule has 0 heterocycles. The Hall–Kier alpha value is -0.840. The Kier molecular flexibility index (Phi) is 3.23. The van der Waals surface area contributed by atoms with Crippen LogP contribution in [-0.2, 0) is 10.3 Å². The lowest BCUT2D eigenvalue weighted by Crippen LogP contribution is -2.42. The molecule has 0 aromatic heterocycles. The summed E-state index contributed by atoms with van der Waals surface area (Å²) in [6.07, 6.45) is 0. The van der Waals surface area contributed by atoms with E-state index in [0.717, 1.165) is 12.1 Å². The molecule has 6 heteroatoms. The summed E-state index contributed by atoms with van der Waals surface area (Å²) >= 11 is 11.2. The van der Waals surface area contributed by atoms with Gasteiger partial charge in [-0.25, -0.2) is 9.18 Å². The lowest BCUT2D eigenvalue weighted by molar-refractivity contribution is -0.143. The van der Waals surface area contributed by atoms with E-state index in [0.29, 0.717) is 0 Å². The summed E-state index contributed by atoms with van der Waals surface area (Å²) in [6, 6.07) is 2.06. The number of nitrogens with two attached hydrogens (primary N) is 1. The molecule has 0 radical (unpaired) electrons. The summed E-state index contributed by atoms with van der Waals surface area (Å²) in [6.45, 7) is 1.23. The molecule has 82 valence electrons. The van der Waals surface area contributed by atoms with E-state index in [2.05, 4.69) is 0 Å². The molecule has 0 fully saturated rings. The average Bonchev–Trinajstić information content (AvgIpc) is 2.10. The monoisotopic (exact) mass is 251 g/mol. The molecule has 1 rings (SSSR count). The van der Waals surface area contributed by atoms with E-state index in [1.54, 1.807) is 0 Å². The van der Waals surface area contributed by atoms with E-state index in [1.807, 2.05) is 0 Å². The molecule has 3 nitrogen and oxygen atoms in total. The Labute approximate surface area is 95.6 Å². The van der Waals surface area contributed by atoms with Crippen molar-refractivity contribution in [3.05, 3.63) is 33.6 Å². The van der Waals surface area contributed by atoms with Crippen LogP contribution >= 0.6 is 23.2 Å². The number of hydrogen-bond donors (Lipinski definition) is 2. The van der Waals surface area contributed by atoms with Gasteiger partial charge < -0.3 is 10.8 Å². The lowest BCUT2D eigenvalue weighted by atomic mass is 9.93. The number of benzene rings is 1. The summed E-state index contributed by atoms with van der Waals surface area (Å²) in [4.78, 5) is 10.8. The smallest absolute Gasteiger partial charge is 0.328 e. The van der Waals surface area contributed by atoms with E-state index < -0.39 is 17.3 Å². The van der Waals surface area contributed by atoms with Gasteiger partial charge in [0.25, 0.3) is 0 Å². The van der Waals surface area contributed by atoms with Crippen LogP contribution in [0.2, 0.25) is 10.0 Å². The van der Waals surface area contributed by atoms with Gasteiger partial charge in [-0.3, -0.25) is 0 Å². The van der Waals surface area contributed by atoms with Gasteiger partial charge in [0.2, 0.25) is 0 Å². The second-order valence-corrected chi connectivity index (χ2v) is 4.07. The first-order valence-electron chi connectivity index (χ1n) is 3.94. The average molecular weight is 252 g/mol. The molecule has 1 unspecified atom stereocenters. The van der Waals surface area contributed by atoms with Crippen molar-refractivity contribution >= 4 is 29.2 Å². The highest BCUT2D eigenvalue weighted by Gasteiger charge is 2.33. The number of carboxylic acid groups (broad SMARTS) is 1. The molecule has 15 heavy (non-hydrogen) atoms. The van der Waals surface area contributed by atoms with Gasteiger partial charge >= 0.3 is 5.97 Å². The first kappa shape index (κ1) is 12.2. The van der Waals surface area contributed by atoms with E-state index >= 15 is 0 Å². The quantitative estimate of drug-likeness (QED) is 0.794. The molecule has 0 bridgehead atoms. The first-order chi connectivity index (χ1) is 6.76. The number of rotatable bonds is 2. The third-order valence-corrected chi connectivity index (χ3v) is 2.62. The zero-order chi connectivity index (χ0) is 11.8. The molecule has 0 aliphatic heterocycles. The second kappa shape index (κ2) is 3.96. The van der Waals surface area contributed by atoms with Crippen molar-refractivity contribution in [1.29, 1.82) is 0 Å². The topological polar surface area (TPSA) is 63.3 Å². The lowest BCUT2D eigenvalue weighted by Gasteiger charge is -2.21. The predicted octanol–water partition coefficient (Wildman–Crippen LogP) is 2.39. The molecule has 1 atom stereocenters. The van der Waals surface area contributed by atoms with Crippen LogP contribution in [0.25, 0.3) is 0 Å². The van der Waals surface area contributed by atoms with Crippen molar-refractivity contribution in [3.8, 4) is 0 Å². The molecular weight excluding hydrogens is 244 g/mol. The highest BCUT2D eigenvalue weighted by atomic mass is 35.5. The van der Waals surface area contributed by atoms with Gasteiger partial charge in [0, 0.05) is 10.6 Å². The molecule has 0 amide bonds. The van der Waals surface area contributed by atoms with Crippen LogP contribution in [0.5, 0.6) is 0 Å². The molecule has 3 N–H and O–H groups in total. The largest absolute Gasteiger partial charge is 0.480 e. The third kappa shape index (κ3) is 2.22. The number of carboxylic acids is 1. The fourth-order valence-electron chi connectivity index (χ4n) is 1.04. The van der Waals surface area contributed by atoms with Crippen LogP contribution in [0.15, 0.2) is 12.1 Å². The number of carbonyl (C=O) groups is 1. The van der Waals surface area contributed by atoms with Crippen molar-refractivity contribution in [2.45, 2.75) is 12.5 Å². The Balaban J connectivity index is 3.38. The van der Waals surface area contributed by atoms with Crippen molar-refractivity contribution in [1.82, 2.24) is 0 Å². The molecule has 0 saturated heterocycles. The summed E-state index contributed by atoms with van der Waals surface area (Å²) < 4.78 is 13.1. The van der Waals surface area contributed by atoms with Gasteiger partial charge in [0.15, 0.2) is 0 Å². The number of halogens is 3. The van der Waals surface area contributed by atoms with Gasteiger partial charge in [0.1, 0.15) is 11.4 Å². The zero-order valence-electron chi connectivity index (χ0n) is 7.72. The van der Waals surface area contributed by atoms with Crippen LogP contribution < -0.4 is 5.73 Å². The van der Waals surface area contributed by atoms with E-state index in [-0.39, 0.29) is 15.6 Å². The molecule has 0 aliphatic carbocycles. The summed E-state index contributed by atoms with van der Waals surface area (Å²) in [5.41, 5.74) is 3.74. The van der Waals surface area contributed by atoms with Crippen LogP contribution in [0.3, 0.4) is 0 Å². The van der Waals surface area contributed by atoms with Gasteiger partial charge in [-0.15, -0.1) is 0 Å². The minimum atomic E-state index is -1.75. The Morgan fingerprint density at radius 2 is 2.00 bits per heavy atom. The fourth-order valence-corrected chi connectivity index (χ4v) is 1.62. The van der Waals surface area contributed by atoms with Crippen LogP contribution in [0.1, 0.15) is 12.5 Å². The van der Waals surface area contributed by atoms with Crippen molar-refractivity contribution in [2.75, 3.05) is 0 Å². The number of hydrogen-bond acceptors (Lipinski definition) is 2. The molecule has 0 spiro atoms. The molecular formula is C9H8Cl2FNO2. The first-order valence-corrected chi connectivity index (χ1v) is 4.69. The third-order valence-electron chi connectivity index (χ3n) is 2.01. The Morgan fingerprint density at radius 1 is 1.47 bits per heavy atom. The van der Waals surface area contributed by atoms with Gasteiger partial charge in [0.05, 0.1) is 5.02 Å². The standard InChI is InChI=1S/C9H8Cl2FNO2/c1-9(13,8(14)15)4-2-7(12)6(11)3-5(4)10/h2-3H,13H2,1H3,(H,14,15). The van der Waals surface area contributed by atoms with Crippen molar-refractivity contribution < 1.29 is 14.3 Å². The minimum Gasteiger partial charge on any atom is -0.480 e. The highest BCUT2D eigenvalue weighted by molar-refractivity contribution is 6.35. The van der Waals surface area contributed by atoms with Crippen molar-refractivity contribution in [3.63, 3.8) is 0 Å². The Bertz CT molecular complexity index is 421. The Morgan fingerprint density at radius 3 is 2.47 bits per heavy atom. The molecule has 1 aromatic carbocycles. The van der Waals surface area contributed by atoms with Gasteiger partial charge in [-0.2, -0.15) is 0 Å². The fraction of sp³-hybridized carbons (Fsp3) is 0.222.